The number of nitrogens with one attached hydrogen (secondary N) is 3. The molecule has 104 valence electrons. The van der Waals surface area contributed by atoms with Crippen LogP contribution in [0.1, 0.15) is 19.1 Å². The zero-order chi connectivity index (χ0) is 13.8. The number of H-pyrrole nitrogens is 1. The highest BCUT2D eigenvalue weighted by Gasteiger charge is 2.10. The van der Waals surface area contributed by atoms with Gasteiger partial charge in [0, 0.05) is 12.6 Å². The highest BCUT2D eigenvalue weighted by Crippen LogP contribution is 2.19. The number of anilines is 2. The van der Waals surface area contributed by atoms with Crippen molar-refractivity contribution in [1.82, 2.24) is 25.1 Å². The highest BCUT2D eigenvalue weighted by molar-refractivity contribution is 5.83. The Bertz CT molecular complexity index is 676. The standard InChI is InChI=1S/C12H15N7O/c1-2-4-13-12-18-10(9-11(19-12)16-7-15-9)14-6-8-3-5-17-20-8/h3,5,7H,2,4,6H2,1H3,(H3,13,14,15,16,18,19). The van der Waals surface area contributed by atoms with E-state index in [-0.39, 0.29) is 0 Å². The molecule has 0 spiro atoms. The highest BCUT2D eigenvalue weighted by atomic mass is 16.5. The summed E-state index contributed by atoms with van der Waals surface area (Å²) in [5.74, 6) is 1.98. The Morgan fingerprint density at radius 2 is 2.25 bits per heavy atom. The molecule has 20 heavy (non-hydrogen) atoms. The molecule has 3 heterocycles. The molecule has 0 saturated carbocycles. The van der Waals surface area contributed by atoms with Crippen molar-refractivity contribution < 1.29 is 4.52 Å². The monoisotopic (exact) mass is 273 g/mol. The number of fused-ring (bicyclic) bond motifs is 1. The maximum Gasteiger partial charge on any atom is 0.226 e. The summed E-state index contributed by atoms with van der Waals surface area (Å²) in [6.07, 6.45) is 4.21. The molecule has 0 atom stereocenters. The lowest BCUT2D eigenvalue weighted by Gasteiger charge is -2.07. The molecule has 0 unspecified atom stereocenters. The smallest absolute Gasteiger partial charge is 0.226 e. The van der Waals surface area contributed by atoms with Crippen molar-refractivity contribution in [3.63, 3.8) is 0 Å². The first kappa shape index (κ1) is 12.4. The van der Waals surface area contributed by atoms with Crippen molar-refractivity contribution in [2.45, 2.75) is 19.9 Å². The topological polar surface area (TPSA) is 105 Å². The van der Waals surface area contributed by atoms with Crippen LogP contribution < -0.4 is 10.6 Å². The summed E-state index contributed by atoms with van der Waals surface area (Å²) >= 11 is 0. The van der Waals surface area contributed by atoms with Gasteiger partial charge in [-0.15, -0.1) is 0 Å². The van der Waals surface area contributed by atoms with E-state index in [4.69, 9.17) is 4.52 Å². The molecule has 0 aromatic carbocycles. The van der Waals surface area contributed by atoms with Crippen LogP contribution in [0.3, 0.4) is 0 Å². The summed E-state index contributed by atoms with van der Waals surface area (Å²) < 4.78 is 5.05. The Balaban J connectivity index is 1.85. The second-order valence-corrected chi connectivity index (χ2v) is 4.26. The van der Waals surface area contributed by atoms with Crippen molar-refractivity contribution >= 4 is 22.9 Å². The van der Waals surface area contributed by atoms with Crippen LogP contribution in [0, 0.1) is 0 Å². The number of nitrogens with zero attached hydrogens (tertiary/aromatic N) is 4. The molecular formula is C12H15N7O. The minimum absolute atomic E-state index is 0.498. The van der Waals surface area contributed by atoms with Crippen LogP contribution in [0.5, 0.6) is 0 Å². The van der Waals surface area contributed by atoms with E-state index in [0.717, 1.165) is 24.2 Å². The number of imidazole rings is 1. The summed E-state index contributed by atoms with van der Waals surface area (Å²) in [5, 5.41) is 10.0. The molecule has 0 radical (unpaired) electrons. The average Bonchev–Trinajstić information content (AvgIpc) is 3.13. The number of rotatable bonds is 6. The van der Waals surface area contributed by atoms with E-state index in [1.807, 2.05) is 0 Å². The molecule has 0 saturated heterocycles. The van der Waals surface area contributed by atoms with Crippen LogP contribution >= 0.6 is 0 Å². The molecule has 0 aliphatic heterocycles. The number of hydrogen-bond donors (Lipinski definition) is 3. The summed E-state index contributed by atoms with van der Waals surface area (Å²) in [5.41, 5.74) is 1.39. The molecule has 3 aromatic rings. The Morgan fingerprint density at radius 1 is 1.30 bits per heavy atom. The van der Waals surface area contributed by atoms with Gasteiger partial charge in [0.05, 0.1) is 19.1 Å². The lowest BCUT2D eigenvalue weighted by atomic mass is 10.4. The molecule has 8 nitrogen and oxygen atoms in total. The average molecular weight is 273 g/mol. The fourth-order valence-corrected chi connectivity index (χ4v) is 1.78. The van der Waals surface area contributed by atoms with Crippen LogP contribution in [0.4, 0.5) is 11.8 Å². The number of aromatic nitrogens is 5. The minimum atomic E-state index is 0.498. The second kappa shape index (κ2) is 5.55. The first-order valence-corrected chi connectivity index (χ1v) is 6.45. The molecular weight excluding hydrogens is 258 g/mol. The quantitative estimate of drug-likeness (QED) is 0.628. The van der Waals surface area contributed by atoms with Gasteiger partial charge in [-0.2, -0.15) is 9.97 Å². The van der Waals surface area contributed by atoms with Crippen molar-refractivity contribution in [2.24, 2.45) is 0 Å². The van der Waals surface area contributed by atoms with E-state index >= 15 is 0 Å². The first-order chi connectivity index (χ1) is 9.86. The molecule has 3 rings (SSSR count). The SMILES string of the molecule is CCCNc1nc(NCc2ccno2)c2[nH]cnc2n1. The van der Waals surface area contributed by atoms with E-state index in [2.05, 4.69) is 42.6 Å². The maximum atomic E-state index is 5.05. The van der Waals surface area contributed by atoms with E-state index in [1.54, 1.807) is 18.6 Å². The van der Waals surface area contributed by atoms with Gasteiger partial charge >= 0.3 is 0 Å². The van der Waals surface area contributed by atoms with Crippen LogP contribution in [-0.4, -0.2) is 31.6 Å². The van der Waals surface area contributed by atoms with Crippen LogP contribution in [0.25, 0.3) is 11.2 Å². The second-order valence-electron chi connectivity index (χ2n) is 4.26. The van der Waals surface area contributed by atoms with E-state index in [1.165, 1.54) is 0 Å². The van der Waals surface area contributed by atoms with E-state index < -0.39 is 0 Å². The minimum Gasteiger partial charge on any atom is -0.361 e. The van der Waals surface area contributed by atoms with Gasteiger partial charge in [-0.05, 0) is 6.42 Å². The Morgan fingerprint density at radius 3 is 3.05 bits per heavy atom. The third-order valence-electron chi connectivity index (χ3n) is 2.74. The molecule has 0 bridgehead atoms. The summed E-state index contributed by atoms with van der Waals surface area (Å²) in [4.78, 5) is 16.0. The molecule has 0 aliphatic rings. The van der Waals surface area contributed by atoms with Gasteiger partial charge in [0.15, 0.2) is 17.2 Å². The van der Waals surface area contributed by atoms with Crippen molar-refractivity contribution in [3.8, 4) is 0 Å². The Labute approximate surface area is 115 Å². The van der Waals surface area contributed by atoms with Gasteiger partial charge in [0.1, 0.15) is 5.52 Å². The summed E-state index contributed by atoms with van der Waals surface area (Å²) in [7, 11) is 0. The first-order valence-electron chi connectivity index (χ1n) is 6.45. The van der Waals surface area contributed by atoms with Gasteiger partial charge in [-0.3, -0.25) is 0 Å². The zero-order valence-electron chi connectivity index (χ0n) is 11.1. The van der Waals surface area contributed by atoms with E-state index in [9.17, 15) is 0 Å². The Hall–Kier alpha value is -2.64. The van der Waals surface area contributed by atoms with Crippen molar-refractivity contribution in [1.29, 1.82) is 0 Å². The normalized spacial score (nSPS) is 10.8. The fraction of sp³-hybridized carbons (Fsp3) is 0.333. The van der Waals surface area contributed by atoms with Gasteiger partial charge < -0.3 is 20.1 Å². The summed E-state index contributed by atoms with van der Waals surface area (Å²) in [6.45, 7) is 3.40. The predicted molar refractivity (Wildman–Crippen MR) is 74.3 cm³/mol. The predicted octanol–water partition coefficient (Wildman–Crippen LogP) is 1.77. The van der Waals surface area contributed by atoms with Gasteiger partial charge in [-0.1, -0.05) is 12.1 Å². The molecule has 0 fully saturated rings. The lowest BCUT2D eigenvalue weighted by Crippen LogP contribution is -2.08. The third kappa shape index (κ3) is 2.53. The lowest BCUT2D eigenvalue weighted by molar-refractivity contribution is 0.388. The van der Waals surface area contributed by atoms with E-state index in [0.29, 0.717) is 24.0 Å². The van der Waals surface area contributed by atoms with Crippen molar-refractivity contribution in [3.05, 3.63) is 24.4 Å². The number of hydrogen-bond acceptors (Lipinski definition) is 7. The zero-order valence-corrected chi connectivity index (χ0v) is 11.1. The molecule has 8 heteroatoms. The largest absolute Gasteiger partial charge is 0.361 e. The maximum absolute atomic E-state index is 5.05. The van der Waals surface area contributed by atoms with Gasteiger partial charge in [-0.25, -0.2) is 4.98 Å². The molecule has 0 amide bonds. The third-order valence-corrected chi connectivity index (χ3v) is 2.74. The van der Waals surface area contributed by atoms with Gasteiger partial charge in [0.25, 0.3) is 0 Å². The van der Waals surface area contributed by atoms with Crippen LogP contribution in [0.2, 0.25) is 0 Å². The van der Waals surface area contributed by atoms with Crippen molar-refractivity contribution in [2.75, 3.05) is 17.2 Å². The molecule has 3 aromatic heterocycles. The van der Waals surface area contributed by atoms with Gasteiger partial charge in [0.2, 0.25) is 5.95 Å². The molecule has 3 N–H and O–H groups in total. The molecule has 0 aliphatic carbocycles. The fourth-order valence-electron chi connectivity index (χ4n) is 1.78. The van der Waals surface area contributed by atoms with Crippen LogP contribution in [-0.2, 0) is 6.54 Å². The Kier molecular flexibility index (Phi) is 3.44. The number of aromatic amines is 1. The summed E-state index contributed by atoms with van der Waals surface area (Å²) in [6, 6.07) is 1.80. The van der Waals surface area contributed by atoms with Crippen LogP contribution in [0.15, 0.2) is 23.1 Å².